The van der Waals surface area contributed by atoms with E-state index in [0.717, 1.165) is 10.9 Å². The highest BCUT2D eigenvalue weighted by atomic mass is 16.5. The molecule has 7 heteroatoms. The van der Waals surface area contributed by atoms with Crippen molar-refractivity contribution in [3.63, 3.8) is 0 Å². The van der Waals surface area contributed by atoms with Crippen molar-refractivity contribution in [2.24, 2.45) is 5.92 Å². The summed E-state index contributed by atoms with van der Waals surface area (Å²) < 4.78 is 10.8. The molecule has 1 aliphatic rings. The maximum absolute atomic E-state index is 12.2. The SMILES string of the molecule is Cc1c(C)c2ccc(OCC(=O)N3CCC(C(=O)[O-])CC3)cc2oc1=O. The lowest BCUT2D eigenvalue weighted by atomic mass is 9.97. The van der Waals surface area contributed by atoms with Gasteiger partial charge in [-0.05, 0) is 44.4 Å². The lowest BCUT2D eigenvalue weighted by Crippen LogP contribution is -2.45. The van der Waals surface area contributed by atoms with E-state index >= 15 is 0 Å². The van der Waals surface area contributed by atoms with Crippen LogP contribution >= 0.6 is 0 Å². The fraction of sp³-hybridized carbons (Fsp3) is 0.421. The summed E-state index contributed by atoms with van der Waals surface area (Å²) in [4.78, 5) is 36.5. The number of carbonyl (C=O) groups excluding carboxylic acids is 2. The molecule has 26 heavy (non-hydrogen) atoms. The zero-order chi connectivity index (χ0) is 18.8. The molecule has 1 aliphatic heterocycles. The number of carbonyl (C=O) groups is 2. The van der Waals surface area contributed by atoms with E-state index in [1.54, 1.807) is 30.0 Å². The topological polar surface area (TPSA) is 99.9 Å². The van der Waals surface area contributed by atoms with E-state index in [1.807, 2.05) is 6.92 Å². The minimum Gasteiger partial charge on any atom is -0.550 e. The van der Waals surface area contributed by atoms with Crippen LogP contribution in [0.15, 0.2) is 27.4 Å². The van der Waals surface area contributed by atoms with E-state index in [0.29, 0.717) is 42.8 Å². The molecule has 1 fully saturated rings. The monoisotopic (exact) mass is 358 g/mol. The van der Waals surface area contributed by atoms with Gasteiger partial charge in [0.25, 0.3) is 5.91 Å². The van der Waals surface area contributed by atoms with Gasteiger partial charge in [-0.2, -0.15) is 0 Å². The van der Waals surface area contributed by atoms with E-state index in [1.165, 1.54) is 0 Å². The highest BCUT2D eigenvalue weighted by Gasteiger charge is 2.23. The number of carboxylic acids is 1. The minimum absolute atomic E-state index is 0.156. The Bertz CT molecular complexity index is 908. The molecule has 1 aromatic carbocycles. The van der Waals surface area contributed by atoms with E-state index < -0.39 is 11.9 Å². The van der Waals surface area contributed by atoms with Crippen molar-refractivity contribution in [1.82, 2.24) is 4.90 Å². The Balaban J connectivity index is 1.65. The molecule has 7 nitrogen and oxygen atoms in total. The summed E-state index contributed by atoms with van der Waals surface area (Å²) in [6.45, 7) is 4.18. The summed E-state index contributed by atoms with van der Waals surface area (Å²) in [5.74, 6) is -1.32. The van der Waals surface area contributed by atoms with Crippen LogP contribution in [0.5, 0.6) is 5.75 Å². The molecule has 0 bridgehead atoms. The second kappa shape index (κ2) is 7.19. The van der Waals surface area contributed by atoms with Gasteiger partial charge in [-0.1, -0.05) is 0 Å². The van der Waals surface area contributed by atoms with Gasteiger partial charge in [-0.25, -0.2) is 4.79 Å². The van der Waals surface area contributed by atoms with Crippen LogP contribution < -0.4 is 15.5 Å². The third-order valence-corrected chi connectivity index (χ3v) is 4.97. The molecule has 1 saturated heterocycles. The fourth-order valence-electron chi connectivity index (χ4n) is 3.12. The summed E-state index contributed by atoms with van der Waals surface area (Å²) in [6.07, 6.45) is 0.793. The number of aryl methyl sites for hydroxylation is 1. The summed E-state index contributed by atoms with van der Waals surface area (Å²) in [6, 6.07) is 5.12. The average molecular weight is 358 g/mol. The normalized spacial score (nSPS) is 15.2. The van der Waals surface area contributed by atoms with E-state index in [4.69, 9.17) is 9.15 Å². The molecule has 0 atom stereocenters. The number of aliphatic carboxylic acids is 1. The second-order valence-corrected chi connectivity index (χ2v) is 6.56. The Morgan fingerprint density at radius 2 is 1.92 bits per heavy atom. The maximum Gasteiger partial charge on any atom is 0.339 e. The van der Waals surface area contributed by atoms with Crippen molar-refractivity contribution in [3.05, 3.63) is 39.7 Å². The number of carboxylic acid groups (broad SMARTS) is 1. The first-order chi connectivity index (χ1) is 12.4. The lowest BCUT2D eigenvalue weighted by Gasteiger charge is -2.32. The van der Waals surface area contributed by atoms with Crippen LogP contribution in [0.25, 0.3) is 11.0 Å². The Labute approximate surface area is 150 Å². The van der Waals surface area contributed by atoms with Gasteiger partial charge in [0.1, 0.15) is 11.3 Å². The third-order valence-electron chi connectivity index (χ3n) is 4.97. The molecule has 2 aromatic rings. The quantitative estimate of drug-likeness (QED) is 0.749. The Kier molecular flexibility index (Phi) is 4.97. The van der Waals surface area contributed by atoms with Crippen molar-refractivity contribution in [2.75, 3.05) is 19.7 Å². The van der Waals surface area contributed by atoms with Crippen LogP contribution in [0, 0.1) is 19.8 Å². The molecule has 138 valence electrons. The molecule has 0 spiro atoms. The van der Waals surface area contributed by atoms with Crippen LogP contribution in [0.4, 0.5) is 0 Å². The molecule has 1 amide bonds. The first-order valence-electron chi connectivity index (χ1n) is 8.52. The van der Waals surface area contributed by atoms with Crippen LogP contribution in [-0.2, 0) is 9.59 Å². The van der Waals surface area contributed by atoms with Crippen molar-refractivity contribution in [3.8, 4) is 5.75 Å². The van der Waals surface area contributed by atoms with Gasteiger partial charge >= 0.3 is 5.63 Å². The Morgan fingerprint density at radius 1 is 1.23 bits per heavy atom. The number of likely N-dealkylation sites (tertiary alicyclic amines) is 1. The smallest absolute Gasteiger partial charge is 0.339 e. The molecule has 1 aromatic heterocycles. The predicted octanol–water partition coefficient (Wildman–Crippen LogP) is 0.777. The number of piperidine rings is 1. The molecule has 0 unspecified atom stereocenters. The van der Waals surface area contributed by atoms with Gasteiger partial charge in [-0.15, -0.1) is 0 Å². The first-order valence-corrected chi connectivity index (χ1v) is 8.52. The van der Waals surface area contributed by atoms with E-state index in [2.05, 4.69) is 0 Å². The van der Waals surface area contributed by atoms with Gasteiger partial charge in [0.15, 0.2) is 6.61 Å². The van der Waals surface area contributed by atoms with Crippen LogP contribution in [0.1, 0.15) is 24.0 Å². The zero-order valence-corrected chi connectivity index (χ0v) is 14.7. The summed E-state index contributed by atoms with van der Waals surface area (Å²) in [5.41, 5.74) is 1.45. The number of hydrogen-bond acceptors (Lipinski definition) is 6. The van der Waals surface area contributed by atoms with Gasteiger partial charge in [-0.3, -0.25) is 4.79 Å². The predicted molar refractivity (Wildman–Crippen MR) is 91.8 cm³/mol. The first kappa shape index (κ1) is 18.0. The zero-order valence-electron chi connectivity index (χ0n) is 14.7. The van der Waals surface area contributed by atoms with Crippen molar-refractivity contribution in [2.45, 2.75) is 26.7 Å². The van der Waals surface area contributed by atoms with Crippen molar-refractivity contribution in [1.29, 1.82) is 0 Å². The number of rotatable bonds is 4. The third kappa shape index (κ3) is 3.56. The number of benzene rings is 1. The molecule has 0 N–H and O–H groups in total. The van der Waals surface area contributed by atoms with Crippen molar-refractivity contribution < 1.29 is 23.8 Å². The van der Waals surface area contributed by atoms with Crippen LogP contribution in [-0.4, -0.2) is 36.5 Å². The minimum atomic E-state index is -1.06. The molecule has 0 saturated carbocycles. The van der Waals surface area contributed by atoms with Gasteiger partial charge < -0.3 is 24.0 Å². The number of fused-ring (bicyclic) bond motifs is 1. The Hall–Kier alpha value is -2.83. The second-order valence-electron chi connectivity index (χ2n) is 6.56. The number of nitrogens with zero attached hydrogens (tertiary/aromatic N) is 1. The summed E-state index contributed by atoms with van der Waals surface area (Å²) in [7, 11) is 0. The largest absolute Gasteiger partial charge is 0.550 e. The Morgan fingerprint density at radius 3 is 2.58 bits per heavy atom. The molecular weight excluding hydrogens is 338 g/mol. The molecule has 3 rings (SSSR count). The number of hydrogen-bond donors (Lipinski definition) is 0. The molecule has 0 radical (unpaired) electrons. The number of ether oxygens (including phenoxy) is 1. The summed E-state index contributed by atoms with van der Waals surface area (Å²) in [5, 5.41) is 11.7. The molecule has 2 heterocycles. The van der Waals surface area contributed by atoms with Crippen LogP contribution in [0.3, 0.4) is 0 Å². The highest BCUT2D eigenvalue weighted by Crippen LogP contribution is 2.24. The number of amides is 1. The fourth-order valence-corrected chi connectivity index (χ4v) is 3.12. The molecule has 0 aliphatic carbocycles. The van der Waals surface area contributed by atoms with Gasteiger partial charge in [0.05, 0.1) is 0 Å². The highest BCUT2D eigenvalue weighted by molar-refractivity contribution is 5.82. The molecular formula is C19H20NO6-. The van der Waals surface area contributed by atoms with E-state index in [9.17, 15) is 19.5 Å². The average Bonchev–Trinajstić information content (AvgIpc) is 2.64. The van der Waals surface area contributed by atoms with Gasteiger partial charge in [0.2, 0.25) is 0 Å². The van der Waals surface area contributed by atoms with Gasteiger partial charge in [0, 0.05) is 42.0 Å². The van der Waals surface area contributed by atoms with Crippen molar-refractivity contribution >= 4 is 22.8 Å². The maximum atomic E-state index is 12.2. The standard InChI is InChI=1S/C19H21NO6/c1-11-12(2)19(24)26-16-9-14(3-4-15(11)16)25-10-17(21)20-7-5-13(6-8-20)18(22)23/h3-4,9,13H,5-8,10H2,1-2H3,(H,22,23)/p-1. The van der Waals surface area contributed by atoms with Crippen LogP contribution in [0.2, 0.25) is 0 Å². The summed E-state index contributed by atoms with van der Waals surface area (Å²) >= 11 is 0. The van der Waals surface area contributed by atoms with E-state index in [-0.39, 0.29) is 18.1 Å². The lowest BCUT2D eigenvalue weighted by molar-refractivity contribution is -0.312.